The number of benzene rings is 2. The lowest BCUT2D eigenvalue weighted by atomic mass is 10.1. The highest BCUT2D eigenvalue weighted by atomic mass is 35.5. The molecule has 0 radical (unpaired) electrons. The molecule has 34 heavy (non-hydrogen) atoms. The fraction of sp³-hybridized carbons (Fsp3) is 0.360. The Hall–Kier alpha value is -2.84. The first-order chi connectivity index (χ1) is 15.8. The fourth-order valence-corrected chi connectivity index (χ4v) is 5.25. The highest BCUT2D eigenvalue weighted by Crippen LogP contribution is 2.28. The van der Waals surface area contributed by atoms with Crippen molar-refractivity contribution in [1.29, 1.82) is 0 Å². The molecular weight excluding hydrogens is 476 g/mol. The number of ether oxygens (including phenoxy) is 1. The van der Waals surface area contributed by atoms with Gasteiger partial charge in [-0.15, -0.1) is 0 Å². The number of hydrogen-bond donors (Lipinski definition) is 1. The summed E-state index contributed by atoms with van der Waals surface area (Å²) in [6, 6.07) is 11.3. The molecule has 0 aliphatic rings. The van der Waals surface area contributed by atoms with Gasteiger partial charge in [-0.3, -0.25) is 9.59 Å². The summed E-state index contributed by atoms with van der Waals surface area (Å²) in [7, 11) is -2.09. The number of hydrogen-bond acceptors (Lipinski definition) is 5. The minimum absolute atomic E-state index is 0.0154. The second kappa shape index (κ2) is 9.80. The van der Waals surface area contributed by atoms with Crippen molar-refractivity contribution in [3.8, 4) is 0 Å². The van der Waals surface area contributed by atoms with Crippen molar-refractivity contribution in [1.82, 2.24) is 9.88 Å². The molecule has 1 aromatic heterocycles. The van der Waals surface area contributed by atoms with E-state index in [1.165, 1.54) is 19.1 Å². The predicted octanol–water partition coefficient (Wildman–Crippen LogP) is 4.74. The zero-order valence-electron chi connectivity index (χ0n) is 20.0. The number of carbonyl (C=O) groups is 2. The molecule has 0 saturated heterocycles. The molecule has 3 aromatic rings. The molecule has 2 aromatic carbocycles. The third-order valence-corrected chi connectivity index (χ3v) is 8.06. The SMILES string of the molecule is Cc1cc(Cl)c2cc(C(=O)N[C@H](C)c3ccc(S(=O)(=O)C(C)C(=O)OC(C)C)cc3)n(C)c2c1. The lowest BCUT2D eigenvalue weighted by molar-refractivity contribution is -0.146. The highest BCUT2D eigenvalue weighted by molar-refractivity contribution is 7.92. The Bertz CT molecular complexity index is 1340. The molecule has 1 heterocycles. The van der Waals surface area contributed by atoms with Crippen LogP contribution < -0.4 is 5.32 Å². The number of halogens is 1. The van der Waals surface area contributed by atoms with Crippen molar-refractivity contribution < 1.29 is 22.7 Å². The zero-order chi connectivity index (χ0) is 25.4. The van der Waals surface area contributed by atoms with E-state index in [1.54, 1.807) is 36.6 Å². The van der Waals surface area contributed by atoms with Gasteiger partial charge < -0.3 is 14.6 Å². The molecule has 1 unspecified atom stereocenters. The first-order valence-electron chi connectivity index (χ1n) is 10.9. The summed E-state index contributed by atoms with van der Waals surface area (Å²) in [6.07, 6.45) is -0.404. The molecule has 182 valence electrons. The van der Waals surface area contributed by atoms with Crippen LogP contribution in [0.4, 0.5) is 0 Å². The number of aromatic nitrogens is 1. The Morgan fingerprint density at radius 3 is 2.24 bits per heavy atom. The topological polar surface area (TPSA) is 94.5 Å². The molecule has 7 nitrogen and oxygen atoms in total. The van der Waals surface area contributed by atoms with E-state index < -0.39 is 27.2 Å². The normalized spacial score (nSPS) is 13.6. The van der Waals surface area contributed by atoms with Crippen molar-refractivity contribution in [2.75, 3.05) is 0 Å². The number of esters is 1. The number of carbonyl (C=O) groups excluding carboxylic acids is 2. The van der Waals surface area contributed by atoms with E-state index >= 15 is 0 Å². The predicted molar refractivity (Wildman–Crippen MR) is 133 cm³/mol. The van der Waals surface area contributed by atoms with Gasteiger partial charge in [-0.05, 0) is 76.1 Å². The smallest absolute Gasteiger partial charge is 0.324 e. The van der Waals surface area contributed by atoms with Crippen molar-refractivity contribution in [3.05, 3.63) is 64.3 Å². The van der Waals surface area contributed by atoms with Crippen LogP contribution in [0.15, 0.2) is 47.4 Å². The number of rotatable bonds is 7. The van der Waals surface area contributed by atoms with Crippen LogP contribution >= 0.6 is 11.6 Å². The Labute approximate surface area is 205 Å². The van der Waals surface area contributed by atoms with E-state index in [9.17, 15) is 18.0 Å². The van der Waals surface area contributed by atoms with Crippen LogP contribution in [0.1, 0.15) is 55.4 Å². The van der Waals surface area contributed by atoms with Crippen molar-refractivity contribution >= 4 is 44.2 Å². The number of amides is 1. The average Bonchev–Trinajstić information content (AvgIpc) is 3.09. The van der Waals surface area contributed by atoms with Gasteiger partial charge in [0.15, 0.2) is 15.1 Å². The number of nitrogens with one attached hydrogen (secondary N) is 1. The van der Waals surface area contributed by atoms with E-state index in [0.29, 0.717) is 10.7 Å². The molecule has 0 spiro atoms. The molecule has 2 atom stereocenters. The Morgan fingerprint density at radius 1 is 1.03 bits per heavy atom. The van der Waals surface area contributed by atoms with Crippen molar-refractivity contribution in [2.24, 2.45) is 7.05 Å². The van der Waals surface area contributed by atoms with Crippen LogP contribution in [-0.2, 0) is 26.4 Å². The summed E-state index contributed by atoms with van der Waals surface area (Å²) < 4.78 is 32.4. The lowest BCUT2D eigenvalue weighted by Crippen LogP contribution is -2.31. The molecule has 0 fully saturated rings. The maximum atomic E-state index is 13.0. The van der Waals surface area contributed by atoms with Gasteiger partial charge in [0.05, 0.1) is 27.6 Å². The fourth-order valence-electron chi connectivity index (χ4n) is 3.70. The van der Waals surface area contributed by atoms with E-state index in [4.69, 9.17) is 16.3 Å². The van der Waals surface area contributed by atoms with E-state index in [1.807, 2.05) is 33.0 Å². The standard InChI is InChI=1S/C25H29ClN2O5S/c1-14(2)33-25(30)17(5)34(31,32)19-9-7-18(8-10-19)16(4)27-24(29)23-13-20-21(26)11-15(3)12-22(20)28(23)6/h7-14,16-17H,1-6H3,(H,27,29)/t16-,17?/m1/s1. The van der Waals surface area contributed by atoms with Crippen LogP contribution in [0.3, 0.4) is 0 Å². The number of fused-ring (bicyclic) bond motifs is 1. The molecule has 0 aliphatic carbocycles. The van der Waals surface area contributed by atoms with Crippen LogP contribution in [0.25, 0.3) is 10.9 Å². The first-order valence-corrected chi connectivity index (χ1v) is 12.9. The Kier molecular flexibility index (Phi) is 7.43. The molecule has 0 bridgehead atoms. The van der Waals surface area contributed by atoms with Gasteiger partial charge in [0.25, 0.3) is 5.91 Å². The molecule has 1 N–H and O–H groups in total. The zero-order valence-corrected chi connectivity index (χ0v) is 21.6. The first kappa shape index (κ1) is 25.8. The summed E-state index contributed by atoms with van der Waals surface area (Å²) in [5, 5.41) is 3.01. The quantitative estimate of drug-likeness (QED) is 0.469. The van der Waals surface area contributed by atoms with Crippen molar-refractivity contribution in [3.63, 3.8) is 0 Å². The minimum Gasteiger partial charge on any atom is -0.462 e. The highest BCUT2D eigenvalue weighted by Gasteiger charge is 2.31. The maximum absolute atomic E-state index is 13.0. The van der Waals surface area contributed by atoms with Crippen LogP contribution in [0, 0.1) is 6.92 Å². The second-order valence-electron chi connectivity index (χ2n) is 8.71. The van der Waals surface area contributed by atoms with Gasteiger partial charge in [0.2, 0.25) is 0 Å². The van der Waals surface area contributed by atoms with E-state index in [0.717, 1.165) is 22.0 Å². The largest absolute Gasteiger partial charge is 0.462 e. The van der Waals surface area contributed by atoms with Gasteiger partial charge in [0, 0.05) is 12.4 Å². The second-order valence-corrected chi connectivity index (χ2v) is 11.4. The van der Waals surface area contributed by atoms with E-state index in [2.05, 4.69) is 5.32 Å². The van der Waals surface area contributed by atoms with Crippen LogP contribution in [0.2, 0.25) is 5.02 Å². The summed E-state index contributed by atoms with van der Waals surface area (Å²) in [5.41, 5.74) is 3.05. The van der Waals surface area contributed by atoms with Gasteiger partial charge in [0.1, 0.15) is 5.69 Å². The third kappa shape index (κ3) is 5.13. The van der Waals surface area contributed by atoms with Gasteiger partial charge >= 0.3 is 5.97 Å². The van der Waals surface area contributed by atoms with Gasteiger partial charge in [-0.2, -0.15) is 0 Å². The van der Waals surface area contributed by atoms with Crippen molar-refractivity contribution in [2.45, 2.75) is 56.9 Å². The molecule has 1 amide bonds. The Morgan fingerprint density at radius 2 is 1.65 bits per heavy atom. The van der Waals surface area contributed by atoms with Crippen LogP contribution in [0.5, 0.6) is 0 Å². The molecule has 0 saturated carbocycles. The summed E-state index contributed by atoms with van der Waals surface area (Å²) in [6.45, 7) is 8.39. The molecular formula is C25H29ClN2O5S. The summed E-state index contributed by atoms with van der Waals surface area (Å²) in [5.74, 6) is -1.06. The van der Waals surface area contributed by atoms with Crippen LogP contribution in [-0.4, -0.2) is 36.2 Å². The summed E-state index contributed by atoms with van der Waals surface area (Å²) in [4.78, 5) is 25.1. The maximum Gasteiger partial charge on any atom is 0.324 e. The minimum atomic E-state index is -3.90. The molecule has 3 rings (SSSR count). The lowest BCUT2D eigenvalue weighted by Gasteiger charge is -2.17. The number of sulfone groups is 1. The van der Waals surface area contributed by atoms with E-state index in [-0.39, 0.29) is 16.8 Å². The molecule has 9 heteroatoms. The number of aryl methyl sites for hydroxylation is 2. The molecule has 0 aliphatic heterocycles. The number of nitrogens with zero attached hydrogens (tertiary/aromatic N) is 1. The van der Waals surface area contributed by atoms with Gasteiger partial charge in [-0.1, -0.05) is 23.7 Å². The summed E-state index contributed by atoms with van der Waals surface area (Å²) >= 11 is 6.35. The third-order valence-electron chi connectivity index (χ3n) is 5.69. The van der Waals surface area contributed by atoms with Gasteiger partial charge in [-0.25, -0.2) is 8.42 Å². The monoisotopic (exact) mass is 504 g/mol. The Balaban J connectivity index is 1.78. The average molecular weight is 505 g/mol.